The number of nitro benzene ring substituents is 1. The molecule has 0 radical (unpaired) electrons. The topological polar surface area (TPSA) is 79.6 Å². The smallest absolute Gasteiger partial charge is 0.269 e. The summed E-state index contributed by atoms with van der Waals surface area (Å²) in [6.07, 6.45) is 0. The molecule has 0 saturated carbocycles. The Kier molecular flexibility index (Phi) is 7.74. The van der Waals surface area contributed by atoms with Crippen LogP contribution in [0.4, 0.5) is 5.69 Å². The fourth-order valence-electron chi connectivity index (χ4n) is 3.07. The van der Waals surface area contributed by atoms with E-state index in [1.165, 1.54) is 22.4 Å². The van der Waals surface area contributed by atoms with Crippen molar-refractivity contribution in [2.24, 2.45) is 4.99 Å². The van der Waals surface area contributed by atoms with Crippen LogP contribution in [0.2, 0.25) is 0 Å². The van der Waals surface area contributed by atoms with Crippen LogP contribution >= 0.6 is 24.0 Å². The summed E-state index contributed by atoms with van der Waals surface area (Å²) in [6.45, 7) is 2.53. The van der Waals surface area contributed by atoms with Gasteiger partial charge in [-0.15, -0.1) is 24.0 Å². The van der Waals surface area contributed by atoms with Gasteiger partial charge in [0.25, 0.3) is 5.69 Å². The van der Waals surface area contributed by atoms with Crippen LogP contribution in [0.1, 0.15) is 24.1 Å². The summed E-state index contributed by atoms with van der Waals surface area (Å²) in [6, 6.07) is 21.2. The van der Waals surface area contributed by atoms with Gasteiger partial charge < -0.3 is 10.6 Å². The van der Waals surface area contributed by atoms with E-state index in [-0.39, 0.29) is 40.6 Å². The Morgan fingerprint density at radius 3 is 2.57 bits per heavy atom. The van der Waals surface area contributed by atoms with Crippen molar-refractivity contribution in [3.05, 3.63) is 88.0 Å². The second-order valence-corrected chi connectivity index (χ2v) is 6.29. The molecule has 6 nitrogen and oxygen atoms in total. The highest BCUT2D eigenvalue weighted by Crippen LogP contribution is 2.24. The standard InChI is InChI=1S/C21H22N4O2.HI/c1-15(19-12-6-9-17-8-3-4-11-20(17)19)24-21(22-2)23-14-16-7-5-10-18(13-16)25(26)27;/h3-13,15H,14H2,1-2H3,(H2,22,23,24);1H. The monoisotopic (exact) mass is 490 g/mol. The third-order valence-electron chi connectivity index (χ3n) is 4.45. The number of hydrogen-bond acceptors (Lipinski definition) is 3. The molecule has 0 fully saturated rings. The lowest BCUT2D eigenvalue weighted by molar-refractivity contribution is -0.384. The van der Waals surface area contributed by atoms with E-state index >= 15 is 0 Å². The molecule has 28 heavy (non-hydrogen) atoms. The Morgan fingerprint density at radius 1 is 1.11 bits per heavy atom. The second kappa shape index (κ2) is 10.0. The van der Waals surface area contributed by atoms with Gasteiger partial charge >= 0.3 is 0 Å². The van der Waals surface area contributed by atoms with Crippen molar-refractivity contribution >= 4 is 46.4 Å². The Bertz CT molecular complexity index is 986. The normalized spacial score (nSPS) is 12.1. The molecule has 0 aliphatic rings. The highest BCUT2D eigenvalue weighted by Gasteiger charge is 2.11. The first-order chi connectivity index (χ1) is 13.1. The van der Waals surface area contributed by atoms with E-state index in [1.54, 1.807) is 19.2 Å². The van der Waals surface area contributed by atoms with Crippen LogP contribution in [0, 0.1) is 10.1 Å². The third-order valence-corrected chi connectivity index (χ3v) is 4.45. The van der Waals surface area contributed by atoms with Crippen LogP contribution in [-0.4, -0.2) is 17.9 Å². The number of benzene rings is 3. The van der Waals surface area contributed by atoms with Gasteiger partial charge in [-0.25, -0.2) is 0 Å². The first-order valence-corrected chi connectivity index (χ1v) is 8.76. The fourth-order valence-corrected chi connectivity index (χ4v) is 3.07. The maximum Gasteiger partial charge on any atom is 0.269 e. The number of rotatable bonds is 5. The molecule has 0 aliphatic heterocycles. The second-order valence-electron chi connectivity index (χ2n) is 6.29. The summed E-state index contributed by atoms with van der Waals surface area (Å²) in [5.41, 5.74) is 2.10. The Hall–Kier alpha value is -2.68. The number of nitro groups is 1. The molecule has 2 N–H and O–H groups in total. The van der Waals surface area contributed by atoms with Crippen LogP contribution < -0.4 is 10.6 Å². The zero-order valence-electron chi connectivity index (χ0n) is 15.8. The summed E-state index contributed by atoms with van der Waals surface area (Å²) in [5.74, 6) is 0.641. The minimum Gasteiger partial charge on any atom is -0.352 e. The van der Waals surface area contributed by atoms with Crippen LogP contribution in [0.25, 0.3) is 10.8 Å². The van der Waals surface area contributed by atoms with Crippen molar-refractivity contribution in [3.8, 4) is 0 Å². The summed E-state index contributed by atoms with van der Waals surface area (Å²) in [5, 5.41) is 19.9. The molecule has 7 heteroatoms. The number of non-ortho nitro benzene ring substituents is 1. The molecule has 3 rings (SSSR count). The predicted octanol–water partition coefficient (Wildman–Crippen LogP) is 4.79. The minimum atomic E-state index is -0.390. The first kappa shape index (κ1) is 21.6. The number of fused-ring (bicyclic) bond motifs is 1. The van der Waals surface area contributed by atoms with E-state index in [9.17, 15) is 10.1 Å². The molecule has 3 aromatic rings. The van der Waals surface area contributed by atoms with E-state index in [1.807, 2.05) is 18.2 Å². The lowest BCUT2D eigenvalue weighted by atomic mass is 10.00. The van der Waals surface area contributed by atoms with E-state index < -0.39 is 0 Å². The molecule has 0 heterocycles. The largest absolute Gasteiger partial charge is 0.352 e. The van der Waals surface area contributed by atoms with Gasteiger partial charge in [0.1, 0.15) is 0 Å². The highest BCUT2D eigenvalue weighted by atomic mass is 127. The van der Waals surface area contributed by atoms with E-state index in [0.717, 1.165) is 5.56 Å². The first-order valence-electron chi connectivity index (χ1n) is 8.76. The van der Waals surface area contributed by atoms with Crippen molar-refractivity contribution in [2.45, 2.75) is 19.5 Å². The quantitative estimate of drug-likeness (QED) is 0.177. The Balaban J connectivity index is 0.00000280. The summed E-state index contributed by atoms with van der Waals surface area (Å²) < 4.78 is 0. The number of nitrogens with one attached hydrogen (secondary N) is 2. The van der Waals surface area contributed by atoms with Gasteiger partial charge in [-0.1, -0.05) is 54.6 Å². The van der Waals surface area contributed by atoms with Crippen molar-refractivity contribution < 1.29 is 4.92 Å². The van der Waals surface area contributed by atoms with Crippen LogP contribution in [0.15, 0.2) is 71.7 Å². The zero-order chi connectivity index (χ0) is 19.2. The highest BCUT2D eigenvalue weighted by molar-refractivity contribution is 14.0. The van der Waals surface area contributed by atoms with Gasteiger partial charge in [-0.3, -0.25) is 15.1 Å². The maximum absolute atomic E-state index is 10.9. The van der Waals surface area contributed by atoms with Gasteiger partial charge in [-0.05, 0) is 28.8 Å². The molecular weight excluding hydrogens is 467 g/mol. The minimum absolute atomic E-state index is 0. The molecular formula is C21H23IN4O2. The molecule has 0 bridgehead atoms. The molecule has 0 aromatic heterocycles. The summed E-state index contributed by atoms with van der Waals surface area (Å²) in [7, 11) is 1.71. The number of halogens is 1. The molecule has 0 saturated heterocycles. The zero-order valence-corrected chi connectivity index (χ0v) is 18.1. The molecule has 0 aliphatic carbocycles. The van der Waals surface area contributed by atoms with Crippen LogP contribution in [-0.2, 0) is 6.54 Å². The van der Waals surface area contributed by atoms with Crippen molar-refractivity contribution in [2.75, 3.05) is 7.05 Å². The fraction of sp³-hybridized carbons (Fsp3) is 0.190. The van der Waals surface area contributed by atoms with E-state index in [4.69, 9.17) is 0 Å². The van der Waals surface area contributed by atoms with E-state index in [2.05, 4.69) is 52.9 Å². The van der Waals surface area contributed by atoms with Gasteiger partial charge in [-0.2, -0.15) is 0 Å². The Morgan fingerprint density at radius 2 is 1.82 bits per heavy atom. The van der Waals surface area contributed by atoms with Gasteiger partial charge in [0, 0.05) is 25.7 Å². The lowest BCUT2D eigenvalue weighted by Gasteiger charge is -2.20. The van der Waals surface area contributed by atoms with Gasteiger partial charge in [0.05, 0.1) is 11.0 Å². The molecule has 3 aromatic carbocycles. The average molecular weight is 490 g/mol. The van der Waals surface area contributed by atoms with Crippen molar-refractivity contribution in [3.63, 3.8) is 0 Å². The Labute approximate surface area is 181 Å². The van der Waals surface area contributed by atoms with Gasteiger partial charge in [0.15, 0.2) is 5.96 Å². The maximum atomic E-state index is 10.9. The molecule has 146 valence electrons. The number of guanidine groups is 1. The lowest BCUT2D eigenvalue weighted by Crippen LogP contribution is -2.38. The third kappa shape index (κ3) is 5.19. The number of hydrogen-bond donors (Lipinski definition) is 2. The number of nitrogens with zero attached hydrogens (tertiary/aromatic N) is 2. The average Bonchev–Trinajstić information content (AvgIpc) is 2.70. The molecule has 1 atom stereocenters. The van der Waals surface area contributed by atoms with Crippen LogP contribution in [0.5, 0.6) is 0 Å². The SMILES string of the molecule is CN=C(NCc1cccc([N+](=O)[O-])c1)NC(C)c1cccc2ccccc12.I. The molecule has 0 spiro atoms. The van der Waals surface area contributed by atoms with Crippen molar-refractivity contribution in [1.82, 2.24) is 10.6 Å². The molecule has 1 unspecified atom stereocenters. The van der Waals surface area contributed by atoms with E-state index in [0.29, 0.717) is 12.5 Å². The molecule has 0 amide bonds. The summed E-state index contributed by atoms with van der Waals surface area (Å²) >= 11 is 0. The summed E-state index contributed by atoms with van der Waals surface area (Å²) in [4.78, 5) is 14.8. The van der Waals surface area contributed by atoms with Gasteiger partial charge in [0.2, 0.25) is 0 Å². The van der Waals surface area contributed by atoms with Crippen molar-refractivity contribution in [1.29, 1.82) is 0 Å². The number of aliphatic imine (C=N–C) groups is 1. The van der Waals surface area contributed by atoms with Crippen LogP contribution in [0.3, 0.4) is 0 Å². The predicted molar refractivity (Wildman–Crippen MR) is 124 cm³/mol.